The Bertz CT molecular complexity index is 131. The Morgan fingerprint density at radius 2 is 2.00 bits per heavy atom. The van der Waals surface area contributed by atoms with Crippen molar-refractivity contribution < 1.29 is 0 Å². The summed E-state index contributed by atoms with van der Waals surface area (Å²) in [6, 6.07) is 0.698. The van der Waals surface area contributed by atoms with E-state index in [1.165, 1.54) is 6.42 Å². The molecule has 0 saturated heterocycles. The maximum atomic E-state index is 3.33. The van der Waals surface area contributed by atoms with Crippen molar-refractivity contribution in [2.24, 2.45) is 0 Å². The Morgan fingerprint density at radius 1 is 1.36 bits per heavy atom. The van der Waals surface area contributed by atoms with E-state index in [1.54, 1.807) is 0 Å². The molecule has 0 aromatic carbocycles. The zero-order chi connectivity index (χ0) is 8.48. The second-order valence-electron chi connectivity index (χ2n) is 4.14. The minimum atomic E-state index is 0.186. The van der Waals surface area contributed by atoms with Gasteiger partial charge in [0.05, 0.1) is 0 Å². The molecule has 0 aromatic heterocycles. The minimum Gasteiger partial charge on any atom is -0.253 e. The van der Waals surface area contributed by atoms with Crippen molar-refractivity contribution in [3.63, 3.8) is 0 Å². The number of thioether (sulfide) groups is 1. The molecule has 1 aliphatic rings. The van der Waals surface area contributed by atoms with Gasteiger partial charge in [0.15, 0.2) is 0 Å². The van der Waals surface area contributed by atoms with Crippen LogP contribution in [0.1, 0.15) is 27.2 Å². The number of hydrazine groups is 1. The monoisotopic (exact) mass is 174 g/mol. The van der Waals surface area contributed by atoms with Crippen LogP contribution in [0.4, 0.5) is 0 Å². The zero-order valence-corrected chi connectivity index (χ0v) is 8.59. The number of hydrogen-bond donors (Lipinski definition) is 2. The van der Waals surface area contributed by atoms with Crippen LogP contribution in [-0.4, -0.2) is 23.1 Å². The summed E-state index contributed by atoms with van der Waals surface area (Å²) >= 11 is 1.95. The van der Waals surface area contributed by atoms with Gasteiger partial charge in [-0.1, -0.05) is 0 Å². The standard InChI is InChI=1S/C8H18N2S/c1-8(2,3)10-9-6-5-7(6)11-4/h6-7,9-10H,5H2,1-4H3. The van der Waals surface area contributed by atoms with Gasteiger partial charge in [-0.15, -0.1) is 0 Å². The lowest BCUT2D eigenvalue weighted by molar-refractivity contribution is 0.355. The number of nitrogens with one attached hydrogen (secondary N) is 2. The largest absolute Gasteiger partial charge is 0.253 e. The predicted molar refractivity (Wildman–Crippen MR) is 51.7 cm³/mol. The van der Waals surface area contributed by atoms with Gasteiger partial charge >= 0.3 is 0 Å². The minimum absolute atomic E-state index is 0.186. The molecule has 1 rings (SSSR count). The average Bonchev–Trinajstić information content (AvgIpc) is 2.60. The Labute approximate surface area is 73.5 Å². The molecule has 2 unspecified atom stereocenters. The lowest BCUT2D eigenvalue weighted by Gasteiger charge is -2.21. The molecular weight excluding hydrogens is 156 g/mol. The van der Waals surface area contributed by atoms with Gasteiger partial charge in [-0.05, 0) is 33.4 Å². The Hall–Kier alpha value is 0.270. The third-order valence-corrected chi connectivity index (χ3v) is 2.79. The first-order valence-corrected chi connectivity index (χ1v) is 5.37. The molecule has 1 aliphatic carbocycles. The van der Waals surface area contributed by atoms with Gasteiger partial charge in [0.1, 0.15) is 0 Å². The summed E-state index contributed by atoms with van der Waals surface area (Å²) in [4.78, 5) is 0. The molecule has 11 heavy (non-hydrogen) atoms. The Morgan fingerprint density at radius 3 is 2.36 bits per heavy atom. The quantitative estimate of drug-likeness (QED) is 0.632. The van der Waals surface area contributed by atoms with E-state index in [4.69, 9.17) is 0 Å². The van der Waals surface area contributed by atoms with Gasteiger partial charge in [0.2, 0.25) is 0 Å². The topological polar surface area (TPSA) is 24.1 Å². The van der Waals surface area contributed by atoms with E-state index in [0.717, 1.165) is 5.25 Å². The van der Waals surface area contributed by atoms with Crippen LogP contribution in [0.3, 0.4) is 0 Å². The molecule has 0 aromatic rings. The van der Waals surface area contributed by atoms with Crippen LogP contribution in [0.25, 0.3) is 0 Å². The van der Waals surface area contributed by atoms with E-state index in [-0.39, 0.29) is 5.54 Å². The molecule has 3 heteroatoms. The van der Waals surface area contributed by atoms with Crippen molar-refractivity contribution in [1.29, 1.82) is 0 Å². The van der Waals surface area contributed by atoms with E-state index >= 15 is 0 Å². The predicted octanol–water partition coefficient (Wildman–Crippen LogP) is 1.38. The first-order chi connectivity index (χ1) is 5.03. The van der Waals surface area contributed by atoms with Crippen LogP contribution in [0.15, 0.2) is 0 Å². The van der Waals surface area contributed by atoms with Gasteiger partial charge in [0, 0.05) is 16.8 Å². The normalized spacial score (nSPS) is 30.5. The summed E-state index contributed by atoms with van der Waals surface area (Å²) in [6.07, 6.45) is 3.48. The SMILES string of the molecule is CSC1CC1NNC(C)(C)C. The van der Waals surface area contributed by atoms with Crippen molar-refractivity contribution in [2.75, 3.05) is 6.26 Å². The summed E-state index contributed by atoms with van der Waals surface area (Å²) in [5.74, 6) is 0. The van der Waals surface area contributed by atoms with Crippen LogP contribution in [0.2, 0.25) is 0 Å². The van der Waals surface area contributed by atoms with Crippen LogP contribution in [-0.2, 0) is 0 Å². The van der Waals surface area contributed by atoms with Gasteiger partial charge in [-0.2, -0.15) is 11.8 Å². The zero-order valence-electron chi connectivity index (χ0n) is 7.77. The third-order valence-electron chi connectivity index (χ3n) is 1.67. The van der Waals surface area contributed by atoms with Crippen molar-refractivity contribution in [3.05, 3.63) is 0 Å². The summed E-state index contributed by atoms with van der Waals surface area (Å²) in [6.45, 7) is 6.49. The molecule has 2 N–H and O–H groups in total. The highest BCUT2D eigenvalue weighted by Gasteiger charge is 2.36. The highest BCUT2D eigenvalue weighted by molar-refractivity contribution is 7.99. The van der Waals surface area contributed by atoms with Crippen LogP contribution in [0.5, 0.6) is 0 Å². The van der Waals surface area contributed by atoms with E-state index in [2.05, 4.69) is 37.9 Å². The molecule has 0 bridgehead atoms. The van der Waals surface area contributed by atoms with E-state index < -0.39 is 0 Å². The van der Waals surface area contributed by atoms with Crippen molar-refractivity contribution in [2.45, 2.75) is 44.0 Å². The highest BCUT2D eigenvalue weighted by Crippen LogP contribution is 2.32. The van der Waals surface area contributed by atoms with Crippen LogP contribution in [0, 0.1) is 0 Å². The fourth-order valence-electron chi connectivity index (χ4n) is 0.893. The third kappa shape index (κ3) is 3.45. The molecule has 66 valence electrons. The Kier molecular flexibility index (Phi) is 2.84. The van der Waals surface area contributed by atoms with Gasteiger partial charge < -0.3 is 0 Å². The van der Waals surface area contributed by atoms with Crippen molar-refractivity contribution in [1.82, 2.24) is 10.9 Å². The molecule has 2 nitrogen and oxygen atoms in total. The number of rotatable bonds is 3. The second-order valence-corrected chi connectivity index (χ2v) is 5.21. The van der Waals surface area contributed by atoms with Crippen LogP contribution < -0.4 is 10.9 Å². The fourth-order valence-corrected chi connectivity index (χ4v) is 1.69. The van der Waals surface area contributed by atoms with Gasteiger partial charge in [-0.25, -0.2) is 0 Å². The van der Waals surface area contributed by atoms with Gasteiger partial charge in [-0.3, -0.25) is 10.9 Å². The smallest absolute Gasteiger partial charge is 0.0343 e. The second kappa shape index (κ2) is 3.33. The lowest BCUT2D eigenvalue weighted by atomic mass is 10.1. The molecule has 0 amide bonds. The fraction of sp³-hybridized carbons (Fsp3) is 1.00. The Balaban J connectivity index is 2.06. The molecule has 0 spiro atoms. The first-order valence-electron chi connectivity index (χ1n) is 4.08. The van der Waals surface area contributed by atoms with Crippen molar-refractivity contribution >= 4 is 11.8 Å². The molecule has 0 aliphatic heterocycles. The van der Waals surface area contributed by atoms with Gasteiger partial charge in [0.25, 0.3) is 0 Å². The van der Waals surface area contributed by atoms with E-state index in [9.17, 15) is 0 Å². The average molecular weight is 174 g/mol. The maximum absolute atomic E-state index is 3.33. The molecule has 0 heterocycles. The van der Waals surface area contributed by atoms with E-state index in [1.807, 2.05) is 11.8 Å². The molecule has 1 saturated carbocycles. The summed E-state index contributed by atoms with van der Waals surface area (Å²) in [5.41, 5.74) is 6.80. The maximum Gasteiger partial charge on any atom is 0.0343 e. The molecular formula is C8H18N2S. The highest BCUT2D eigenvalue weighted by atomic mass is 32.2. The molecule has 1 fully saturated rings. The molecule has 0 radical (unpaired) electrons. The van der Waals surface area contributed by atoms with Crippen LogP contribution >= 0.6 is 11.8 Å². The van der Waals surface area contributed by atoms with E-state index in [0.29, 0.717) is 6.04 Å². The summed E-state index contributed by atoms with van der Waals surface area (Å²) in [5, 5.41) is 0.838. The summed E-state index contributed by atoms with van der Waals surface area (Å²) < 4.78 is 0. The lowest BCUT2D eigenvalue weighted by Crippen LogP contribution is -2.47. The number of hydrogen-bond acceptors (Lipinski definition) is 3. The molecule has 2 atom stereocenters. The van der Waals surface area contributed by atoms with Crippen molar-refractivity contribution in [3.8, 4) is 0 Å². The summed E-state index contributed by atoms with van der Waals surface area (Å²) in [7, 11) is 0. The first kappa shape index (κ1) is 9.36.